The lowest BCUT2D eigenvalue weighted by Gasteiger charge is -2.25. The third-order valence-corrected chi connectivity index (χ3v) is 5.71. The maximum atomic E-state index is 12.5. The van der Waals surface area contributed by atoms with Crippen LogP contribution in [0.3, 0.4) is 0 Å². The van der Waals surface area contributed by atoms with Gasteiger partial charge in [-0.1, -0.05) is 13.8 Å². The summed E-state index contributed by atoms with van der Waals surface area (Å²) in [6, 6.07) is 5.87. The van der Waals surface area contributed by atoms with Crippen LogP contribution in [0.1, 0.15) is 32.8 Å². The Bertz CT molecular complexity index is 551. The summed E-state index contributed by atoms with van der Waals surface area (Å²) in [6.45, 7) is 6.88. The highest BCUT2D eigenvalue weighted by Crippen LogP contribution is 2.28. The van der Waals surface area contributed by atoms with Crippen molar-refractivity contribution in [2.75, 3.05) is 18.4 Å². The van der Waals surface area contributed by atoms with Gasteiger partial charge in [0, 0.05) is 24.8 Å². The van der Waals surface area contributed by atoms with E-state index in [9.17, 15) is 8.42 Å². The second-order valence-electron chi connectivity index (χ2n) is 4.99. The Balaban J connectivity index is 2.37. The van der Waals surface area contributed by atoms with Crippen LogP contribution in [-0.4, -0.2) is 31.9 Å². The van der Waals surface area contributed by atoms with Crippen molar-refractivity contribution >= 4 is 15.7 Å². The molecule has 1 aliphatic rings. The summed E-state index contributed by atoms with van der Waals surface area (Å²) >= 11 is 0. The molecule has 2 rings (SSSR count). The van der Waals surface area contributed by atoms with E-state index < -0.39 is 10.0 Å². The van der Waals surface area contributed by atoms with Gasteiger partial charge in [0.1, 0.15) is 0 Å². The van der Waals surface area contributed by atoms with Crippen molar-refractivity contribution in [3.63, 3.8) is 0 Å². The number of nitrogens with one attached hydrogen (secondary N) is 1. The molecule has 0 saturated heterocycles. The average Bonchev–Trinajstić information content (AvgIpc) is 2.39. The van der Waals surface area contributed by atoms with Gasteiger partial charge in [-0.05, 0) is 43.5 Å². The SMILES string of the molecule is CCN(CC)S(=O)(=O)c1ccc2c(c1)CCC(C)N2. The fraction of sp³-hybridized carbons (Fsp3) is 0.571. The zero-order chi connectivity index (χ0) is 14.0. The minimum atomic E-state index is -3.34. The summed E-state index contributed by atoms with van der Waals surface area (Å²) in [7, 11) is -3.34. The fourth-order valence-electron chi connectivity index (χ4n) is 2.50. The predicted molar refractivity (Wildman–Crippen MR) is 78.0 cm³/mol. The maximum absolute atomic E-state index is 12.5. The molecule has 106 valence electrons. The molecule has 1 aromatic rings. The second kappa shape index (κ2) is 5.51. The Labute approximate surface area is 115 Å². The van der Waals surface area contributed by atoms with E-state index in [1.54, 1.807) is 6.07 Å². The Hall–Kier alpha value is -1.07. The van der Waals surface area contributed by atoms with Crippen molar-refractivity contribution in [3.8, 4) is 0 Å². The van der Waals surface area contributed by atoms with Crippen LogP contribution < -0.4 is 5.32 Å². The van der Waals surface area contributed by atoms with Crippen molar-refractivity contribution in [2.24, 2.45) is 0 Å². The fourth-order valence-corrected chi connectivity index (χ4v) is 4.01. The number of nitrogens with zero attached hydrogens (tertiary/aromatic N) is 1. The summed E-state index contributed by atoms with van der Waals surface area (Å²) in [5.74, 6) is 0. The molecule has 0 amide bonds. The Morgan fingerprint density at radius 1 is 1.32 bits per heavy atom. The van der Waals surface area contributed by atoms with E-state index in [-0.39, 0.29) is 0 Å². The van der Waals surface area contributed by atoms with Gasteiger partial charge in [0.15, 0.2) is 0 Å². The quantitative estimate of drug-likeness (QED) is 0.923. The highest BCUT2D eigenvalue weighted by atomic mass is 32.2. The maximum Gasteiger partial charge on any atom is 0.243 e. The second-order valence-corrected chi connectivity index (χ2v) is 6.93. The molecule has 0 saturated carbocycles. The third kappa shape index (κ3) is 2.77. The molecule has 5 heteroatoms. The van der Waals surface area contributed by atoms with E-state index in [2.05, 4.69) is 12.2 Å². The van der Waals surface area contributed by atoms with Crippen LogP contribution in [0.25, 0.3) is 0 Å². The molecule has 1 aromatic carbocycles. The highest BCUT2D eigenvalue weighted by molar-refractivity contribution is 7.89. The van der Waals surface area contributed by atoms with Crippen molar-refractivity contribution in [1.82, 2.24) is 4.31 Å². The normalized spacial score (nSPS) is 19.1. The van der Waals surface area contributed by atoms with Crippen LogP contribution in [0.2, 0.25) is 0 Å². The largest absolute Gasteiger partial charge is 0.382 e. The van der Waals surface area contributed by atoms with E-state index in [4.69, 9.17) is 0 Å². The molecule has 0 aliphatic carbocycles. The van der Waals surface area contributed by atoms with Crippen molar-refractivity contribution < 1.29 is 8.42 Å². The molecule has 1 atom stereocenters. The number of fused-ring (bicyclic) bond motifs is 1. The minimum absolute atomic E-state index is 0.409. The summed E-state index contributed by atoms with van der Waals surface area (Å²) < 4.78 is 26.4. The smallest absolute Gasteiger partial charge is 0.243 e. The first-order chi connectivity index (χ1) is 8.98. The monoisotopic (exact) mass is 282 g/mol. The number of hydrogen-bond donors (Lipinski definition) is 1. The number of aryl methyl sites for hydroxylation is 1. The van der Waals surface area contributed by atoms with Gasteiger partial charge in [-0.15, -0.1) is 0 Å². The molecular formula is C14H22N2O2S. The predicted octanol–water partition coefficient (Wildman–Crippen LogP) is 2.46. The van der Waals surface area contributed by atoms with Crippen LogP contribution in [0.4, 0.5) is 5.69 Å². The summed E-state index contributed by atoms with van der Waals surface area (Å²) in [5, 5.41) is 3.39. The Morgan fingerprint density at radius 2 is 2.00 bits per heavy atom. The third-order valence-electron chi connectivity index (χ3n) is 3.67. The van der Waals surface area contributed by atoms with Crippen molar-refractivity contribution in [2.45, 2.75) is 44.6 Å². The highest BCUT2D eigenvalue weighted by Gasteiger charge is 2.23. The summed E-state index contributed by atoms with van der Waals surface area (Å²) in [4.78, 5) is 0.409. The molecular weight excluding hydrogens is 260 g/mol. The molecule has 1 N–H and O–H groups in total. The van der Waals surface area contributed by atoms with Gasteiger partial charge in [-0.2, -0.15) is 4.31 Å². The van der Waals surface area contributed by atoms with Gasteiger partial charge in [0.2, 0.25) is 10.0 Å². The number of benzene rings is 1. The van der Waals surface area contributed by atoms with Crippen LogP contribution in [0.5, 0.6) is 0 Å². The standard InChI is InChI=1S/C14H22N2O2S/c1-4-16(5-2)19(17,18)13-8-9-14-12(10-13)7-6-11(3)15-14/h8-11,15H,4-7H2,1-3H3. The zero-order valence-corrected chi connectivity index (χ0v) is 12.6. The van der Waals surface area contributed by atoms with Gasteiger partial charge in [0.25, 0.3) is 0 Å². The Kier molecular flexibility index (Phi) is 4.16. The van der Waals surface area contributed by atoms with E-state index in [1.165, 1.54) is 4.31 Å². The van der Waals surface area contributed by atoms with E-state index in [0.29, 0.717) is 24.0 Å². The molecule has 0 aromatic heterocycles. The molecule has 1 heterocycles. The lowest BCUT2D eigenvalue weighted by Crippen LogP contribution is -2.31. The van der Waals surface area contributed by atoms with Gasteiger partial charge in [-0.3, -0.25) is 0 Å². The van der Waals surface area contributed by atoms with E-state index in [0.717, 1.165) is 24.1 Å². The number of hydrogen-bond acceptors (Lipinski definition) is 3. The average molecular weight is 282 g/mol. The van der Waals surface area contributed by atoms with Crippen LogP contribution in [0, 0.1) is 0 Å². The van der Waals surface area contributed by atoms with Gasteiger partial charge >= 0.3 is 0 Å². The molecule has 0 radical (unpaired) electrons. The number of sulfonamides is 1. The van der Waals surface area contributed by atoms with Crippen LogP contribution in [-0.2, 0) is 16.4 Å². The van der Waals surface area contributed by atoms with Gasteiger partial charge in [-0.25, -0.2) is 8.42 Å². The zero-order valence-electron chi connectivity index (χ0n) is 11.8. The number of rotatable bonds is 4. The topological polar surface area (TPSA) is 49.4 Å². The Morgan fingerprint density at radius 3 is 2.63 bits per heavy atom. The van der Waals surface area contributed by atoms with E-state index >= 15 is 0 Å². The molecule has 1 aliphatic heterocycles. The molecule has 0 fully saturated rings. The van der Waals surface area contributed by atoms with Crippen LogP contribution >= 0.6 is 0 Å². The summed E-state index contributed by atoms with van der Waals surface area (Å²) in [5.41, 5.74) is 2.17. The van der Waals surface area contributed by atoms with Crippen molar-refractivity contribution in [1.29, 1.82) is 0 Å². The lowest BCUT2D eigenvalue weighted by atomic mass is 9.99. The van der Waals surface area contributed by atoms with Gasteiger partial charge in [0.05, 0.1) is 4.90 Å². The first-order valence-corrected chi connectivity index (χ1v) is 8.32. The first kappa shape index (κ1) is 14.3. The molecule has 0 spiro atoms. The lowest BCUT2D eigenvalue weighted by molar-refractivity contribution is 0.445. The number of anilines is 1. The molecule has 19 heavy (non-hydrogen) atoms. The van der Waals surface area contributed by atoms with E-state index in [1.807, 2.05) is 26.0 Å². The molecule has 1 unspecified atom stereocenters. The van der Waals surface area contributed by atoms with Crippen molar-refractivity contribution in [3.05, 3.63) is 23.8 Å². The first-order valence-electron chi connectivity index (χ1n) is 6.88. The minimum Gasteiger partial charge on any atom is -0.382 e. The summed E-state index contributed by atoms with van der Waals surface area (Å²) in [6.07, 6.45) is 1.98. The molecule has 4 nitrogen and oxygen atoms in total. The van der Waals surface area contributed by atoms with Gasteiger partial charge < -0.3 is 5.32 Å². The molecule has 0 bridgehead atoms. The van der Waals surface area contributed by atoms with Crippen LogP contribution in [0.15, 0.2) is 23.1 Å².